The van der Waals surface area contributed by atoms with Crippen molar-refractivity contribution < 1.29 is 4.39 Å². The van der Waals surface area contributed by atoms with Crippen molar-refractivity contribution in [3.05, 3.63) is 52.5 Å². The zero-order valence-corrected chi connectivity index (χ0v) is 11.6. The maximum Gasteiger partial charge on any atom is 0.140 e. The SMILES string of the molecule is CC/C=C(Cl)/N=C\C=C(/C)c1ccc(F)c(C#N)c1. The van der Waals surface area contributed by atoms with E-state index < -0.39 is 5.82 Å². The minimum Gasteiger partial charge on any atom is -0.245 e. The molecule has 0 saturated carbocycles. The van der Waals surface area contributed by atoms with Gasteiger partial charge in [0.05, 0.1) is 5.56 Å². The Kier molecular flexibility index (Phi) is 5.98. The molecule has 98 valence electrons. The highest BCUT2D eigenvalue weighted by atomic mass is 35.5. The lowest BCUT2D eigenvalue weighted by Gasteiger charge is -2.01. The summed E-state index contributed by atoms with van der Waals surface area (Å²) in [5, 5.41) is 9.21. The molecule has 1 rings (SSSR count). The van der Waals surface area contributed by atoms with Crippen molar-refractivity contribution in [3.63, 3.8) is 0 Å². The Morgan fingerprint density at radius 3 is 2.89 bits per heavy atom. The first kappa shape index (κ1) is 15.1. The molecule has 2 nitrogen and oxygen atoms in total. The lowest BCUT2D eigenvalue weighted by atomic mass is 10.0. The van der Waals surface area contributed by atoms with Gasteiger partial charge in [0.25, 0.3) is 0 Å². The van der Waals surface area contributed by atoms with Crippen molar-refractivity contribution in [2.75, 3.05) is 0 Å². The van der Waals surface area contributed by atoms with Crippen LogP contribution in [0.2, 0.25) is 0 Å². The van der Waals surface area contributed by atoms with Crippen LogP contribution in [0.3, 0.4) is 0 Å². The Hall–Kier alpha value is -1.92. The van der Waals surface area contributed by atoms with Crippen LogP contribution in [0, 0.1) is 17.1 Å². The fraction of sp³-hybridized carbons (Fsp3) is 0.200. The summed E-state index contributed by atoms with van der Waals surface area (Å²) in [7, 11) is 0. The fourth-order valence-electron chi connectivity index (χ4n) is 1.39. The number of nitrogens with zero attached hydrogens (tertiary/aromatic N) is 2. The molecule has 1 aromatic rings. The molecule has 0 aliphatic carbocycles. The fourth-order valence-corrected chi connectivity index (χ4v) is 1.60. The van der Waals surface area contributed by atoms with Gasteiger partial charge in [0, 0.05) is 6.21 Å². The van der Waals surface area contributed by atoms with Gasteiger partial charge in [-0.25, -0.2) is 9.38 Å². The summed E-state index contributed by atoms with van der Waals surface area (Å²) >= 11 is 5.82. The van der Waals surface area contributed by atoms with E-state index in [9.17, 15) is 4.39 Å². The second kappa shape index (κ2) is 7.50. The Labute approximate surface area is 117 Å². The highest BCUT2D eigenvalue weighted by molar-refractivity contribution is 6.29. The Bertz CT molecular complexity index is 580. The van der Waals surface area contributed by atoms with Gasteiger partial charge in [-0.15, -0.1) is 0 Å². The van der Waals surface area contributed by atoms with Crippen LogP contribution in [-0.4, -0.2) is 6.21 Å². The third kappa shape index (κ3) is 4.69. The van der Waals surface area contributed by atoms with Crippen LogP contribution < -0.4 is 0 Å². The molecule has 0 bridgehead atoms. The van der Waals surface area contributed by atoms with Crippen molar-refractivity contribution in [2.45, 2.75) is 20.3 Å². The van der Waals surface area contributed by atoms with E-state index >= 15 is 0 Å². The van der Waals surface area contributed by atoms with Crippen LogP contribution in [0.4, 0.5) is 4.39 Å². The van der Waals surface area contributed by atoms with E-state index in [1.54, 1.807) is 24.4 Å². The standard InChI is InChI=1S/C15H14ClFN2/c1-3-4-15(16)19-8-7-11(2)12-5-6-14(17)13(9-12)10-18/h4-9H,3H2,1-2H3/b11-7+,15-4+,19-8-. The van der Waals surface area contributed by atoms with E-state index in [2.05, 4.69) is 4.99 Å². The smallest absolute Gasteiger partial charge is 0.140 e. The number of hydrogen-bond acceptors (Lipinski definition) is 2. The zero-order chi connectivity index (χ0) is 14.3. The summed E-state index contributed by atoms with van der Waals surface area (Å²) in [5.74, 6) is -0.512. The van der Waals surface area contributed by atoms with E-state index in [4.69, 9.17) is 16.9 Å². The van der Waals surface area contributed by atoms with Crippen molar-refractivity contribution in [2.24, 2.45) is 4.99 Å². The summed E-state index contributed by atoms with van der Waals surface area (Å²) in [4.78, 5) is 4.03. The molecule has 0 aromatic heterocycles. The van der Waals surface area contributed by atoms with Gasteiger partial charge in [0.1, 0.15) is 17.0 Å². The molecule has 19 heavy (non-hydrogen) atoms. The number of hydrogen-bond donors (Lipinski definition) is 0. The second-order valence-corrected chi connectivity index (χ2v) is 4.26. The Morgan fingerprint density at radius 2 is 2.26 bits per heavy atom. The molecule has 0 radical (unpaired) electrons. The molecule has 0 amide bonds. The number of aliphatic imine (C=N–C) groups is 1. The summed E-state index contributed by atoms with van der Waals surface area (Å²) in [6, 6.07) is 6.24. The van der Waals surface area contributed by atoms with Gasteiger partial charge in [-0.2, -0.15) is 5.26 Å². The first-order valence-corrected chi connectivity index (χ1v) is 6.23. The van der Waals surface area contributed by atoms with Gasteiger partial charge >= 0.3 is 0 Å². The molecule has 0 atom stereocenters. The Morgan fingerprint density at radius 1 is 1.53 bits per heavy atom. The minimum atomic E-state index is -0.512. The number of nitriles is 1. The average Bonchev–Trinajstić information content (AvgIpc) is 2.39. The normalized spacial score (nSPS) is 12.8. The van der Waals surface area contributed by atoms with E-state index in [-0.39, 0.29) is 5.56 Å². The van der Waals surface area contributed by atoms with Crippen LogP contribution in [0.25, 0.3) is 5.57 Å². The molecule has 0 fully saturated rings. The van der Waals surface area contributed by atoms with Crippen molar-refractivity contribution in [3.8, 4) is 6.07 Å². The Balaban J connectivity index is 2.92. The molecule has 0 unspecified atom stereocenters. The molecular weight excluding hydrogens is 263 g/mol. The largest absolute Gasteiger partial charge is 0.245 e. The first-order chi connectivity index (χ1) is 9.08. The molecule has 1 aromatic carbocycles. The summed E-state index contributed by atoms with van der Waals surface area (Å²) < 4.78 is 13.2. The number of halogens is 2. The highest BCUT2D eigenvalue weighted by Crippen LogP contribution is 2.17. The first-order valence-electron chi connectivity index (χ1n) is 5.85. The average molecular weight is 277 g/mol. The zero-order valence-electron chi connectivity index (χ0n) is 10.8. The van der Waals surface area contributed by atoms with Crippen molar-refractivity contribution >= 4 is 23.4 Å². The van der Waals surface area contributed by atoms with Gasteiger partial charge in [-0.1, -0.05) is 24.6 Å². The molecule has 4 heteroatoms. The van der Waals surface area contributed by atoms with Crippen LogP contribution in [0.15, 0.2) is 40.5 Å². The van der Waals surface area contributed by atoms with Gasteiger partial charge in [0.2, 0.25) is 0 Å². The molecule has 0 heterocycles. The maximum absolute atomic E-state index is 13.2. The van der Waals surface area contributed by atoms with Crippen LogP contribution >= 0.6 is 11.6 Å². The lowest BCUT2D eigenvalue weighted by Crippen LogP contribution is -1.87. The van der Waals surface area contributed by atoms with Crippen molar-refractivity contribution in [1.29, 1.82) is 5.26 Å². The highest BCUT2D eigenvalue weighted by Gasteiger charge is 2.03. The monoisotopic (exact) mass is 276 g/mol. The summed E-state index contributed by atoms with van der Waals surface area (Å²) in [6.45, 7) is 3.83. The van der Waals surface area contributed by atoms with E-state index in [1.807, 2.05) is 19.9 Å². The number of benzene rings is 1. The maximum atomic E-state index is 13.2. The van der Waals surface area contributed by atoms with E-state index in [1.165, 1.54) is 12.1 Å². The predicted molar refractivity (Wildman–Crippen MR) is 77.5 cm³/mol. The van der Waals surface area contributed by atoms with E-state index in [0.717, 1.165) is 17.6 Å². The van der Waals surface area contributed by atoms with Crippen molar-refractivity contribution in [1.82, 2.24) is 0 Å². The lowest BCUT2D eigenvalue weighted by molar-refractivity contribution is 0.624. The molecule has 0 spiro atoms. The molecule has 0 aliphatic heterocycles. The van der Waals surface area contributed by atoms with Crippen LogP contribution in [0.5, 0.6) is 0 Å². The van der Waals surface area contributed by atoms with Gasteiger partial charge in [0.15, 0.2) is 0 Å². The summed E-state index contributed by atoms with van der Waals surface area (Å²) in [5.41, 5.74) is 1.69. The minimum absolute atomic E-state index is 0.0334. The number of allylic oxidation sites excluding steroid dienone is 3. The van der Waals surface area contributed by atoms with Gasteiger partial charge in [-0.3, -0.25) is 0 Å². The second-order valence-electron chi connectivity index (χ2n) is 3.87. The number of rotatable bonds is 4. The predicted octanol–water partition coefficient (Wildman–Crippen LogP) is 4.66. The topological polar surface area (TPSA) is 36.1 Å². The molecule has 0 saturated heterocycles. The molecule has 0 N–H and O–H groups in total. The molecular formula is C15H14ClFN2. The quantitative estimate of drug-likeness (QED) is 0.582. The van der Waals surface area contributed by atoms with Crippen LogP contribution in [0.1, 0.15) is 31.4 Å². The third-order valence-electron chi connectivity index (χ3n) is 2.44. The van der Waals surface area contributed by atoms with Gasteiger partial charge in [-0.05, 0) is 48.8 Å². The van der Waals surface area contributed by atoms with E-state index in [0.29, 0.717) is 5.16 Å². The molecule has 0 aliphatic rings. The summed E-state index contributed by atoms with van der Waals surface area (Å²) in [6.07, 6.45) is 5.97. The van der Waals surface area contributed by atoms with Crippen LogP contribution in [-0.2, 0) is 0 Å². The third-order valence-corrected chi connectivity index (χ3v) is 2.69. The van der Waals surface area contributed by atoms with Gasteiger partial charge < -0.3 is 0 Å².